The van der Waals surface area contributed by atoms with Crippen LogP contribution in [0.3, 0.4) is 0 Å². The van der Waals surface area contributed by atoms with E-state index in [1.165, 1.54) is 11.1 Å². The summed E-state index contributed by atoms with van der Waals surface area (Å²) < 4.78 is 0.878. The Bertz CT molecular complexity index is 1860. The van der Waals surface area contributed by atoms with Crippen molar-refractivity contribution in [3.8, 4) is 0 Å². The average Bonchev–Trinajstić information content (AvgIpc) is 3.64. The predicted molar refractivity (Wildman–Crippen MR) is 170 cm³/mol. The maximum Gasteiger partial charge on any atom is 0.274 e. The van der Waals surface area contributed by atoms with E-state index in [0.717, 1.165) is 26.5 Å². The molecule has 5 aromatic rings. The van der Waals surface area contributed by atoms with E-state index < -0.39 is 30.0 Å². The number of hydrogen-bond acceptors (Lipinski definition) is 6. The number of nitrogens with zero attached hydrogens (tertiary/aromatic N) is 4. The number of aromatic nitrogens is 3. The molecular formula is C33H31BrN6O4. The Hall–Kier alpha value is -4.61. The molecule has 1 aliphatic rings. The number of amides is 3. The van der Waals surface area contributed by atoms with Gasteiger partial charge in [0.05, 0.1) is 23.3 Å². The third-order valence-corrected chi connectivity index (χ3v) is 8.74. The SMILES string of the molecule is CN(Cc1ccccc1Br)C(=O)C(Cc1c[nH]c2ccccc12)NC(=O)C1C[C@@H](O)CN1C(=O)c1cnc2ccccc2n1. The zero-order chi connectivity index (χ0) is 30.8. The number of aliphatic hydroxyl groups is 1. The molecule has 0 radical (unpaired) electrons. The fraction of sp³-hybridized carbons (Fsp3) is 0.242. The molecule has 6 rings (SSSR count). The number of aromatic amines is 1. The van der Waals surface area contributed by atoms with Gasteiger partial charge in [0.1, 0.15) is 17.8 Å². The van der Waals surface area contributed by atoms with Crippen molar-refractivity contribution in [2.24, 2.45) is 0 Å². The molecule has 1 fully saturated rings. The second-order valence-electron chi connectivity index (χ2n) is 11.0. The first-order valence-electron chi connectivity index (χ1n) is 14.3. The highest BCUT2D eigenvalue weighted by molar-refractivity contribution is 9.10. The molecule has 0 spiro atoms. The van der Waals surface area contributed by atoms with Gasteiger partial charge in [-0.25, -0.2) is 4.98 Å². The van der Waals surface area contributed by atoms with Crippen molar-refractivity contribution < 1.29 is 19.5 Å². The van der Waals surface area contributed by atoms with Crippen molar-refractivity contribution in [3.63, 3.8) is 0 Å². The van der Waals surface area contributed by atoms with E-state index in [1.54, 1.807) is 30.1 Å². The van der Waals surface area contributed by atoms with Crippen molar-refractivity contribution in [2.75, 3.05) is 13.6 Å². The van der Waals surface area contributed by atoms with Gasteiger partial charge >= 0.3 is 0 Å². The van der Waals surface area contributed by atoms with Crippen LogP contribution in [0.15, 0.2) is 89.7 Å². The smallest absolute Gasteiger partial charge is 0.274 e. The van der Waals surface area contributed by atoms with Crippen molar-refractivity contribution in [1.29, 1.82) is 0 Å². The Balaban J connectivity index is 1.26. The van der Waals surface area contributed by atoms with Crippen LogP contribution in [-0.2, 0) is 22.6 Å². The van der Waals surface area contributed by atoms with Crippen LogP contribution in [0, 0.1) is 0 Å². The summed E-state index contributed by atoms with van der Waals surface area (Å²) in [7, 11) is 1.70. The lowest BCUT2D eigenvalue weighted by atomic mass is 10.0. The molecule has 3 N–H and O–H groups in total. The lowest BCUT2D eigenvalue weighted by Crippen LogP contribution is -2.54. The Morgan fingerprint density at radius 3 is 2.59 bits per heavy atom. The number of halogens is 1. The van der Waals surface area contributed by atoms with Gasteiger partial charge in [-0.3, -0.25) is 19.4 Å². The number of aliphatic hydroxyl groups excluding tert-OH is 1. The van der Waals surface area contributed by atoms with Crippen molar-refractivity contribution >= 4 is 55.6 Å². The maximum atomic E-state index is 13.9. The van der Waals surface area contributed by atoms with Gasteiger partial charge in [0, 0.05) is 54.6 Å². The molecular weight excluding hydrogens is 624 g/mol. The molecule has 11 heteroatoms. The summed E-state index contributed by atoms with van der Waals surface area (Å²) >= 11 is 3.55. The summed E-state index contributed by atoms with van der Waals surface area (Å²) in [5, 5.41) is 14.4. The number of fused-ring (bicyclic) bond motifs is 2. The van der Waals surface area contributed by atoms with Crippen LogP contribution in [0.1, 0.15) is 28.0 Å². The van der Waals surface area contributed by atoms with Crippen LogP contribution in [-0.4, -0.2) is 79.4 Å². The van der Waals surface area contributed by atoms with E-state index in [1.807, 2.05) is 60.8 Å². The molecule has 1 aliphatic heterocycles. The zero-order valence-electron chi connectivity index (χ0n) is 24.0. The molecule has 0 bridgehead atoms. The number of likely N-dealkylation sites (N-methyl/N-ethyl adjacent to an activating group) is 1. The fourth-order valence-corrected chi connectivity index (χ4v) is 6.12. The van der Waals surface area contributed by atoms with E-state index in [2.05, 4.69) is 36.2 Å². The Morgan fingerprint density at radius 2 is 1.77 bits per heavy atom. The lowest BCUT2D eigenvalue weighted by Gasteiger charge is -2.28. The molecule has 3 atom stereocenters. The first-order chi connectivity index (χ1) is 21.3. The van der Waals surface area contributed by atoms with Gasteiger partial charge in [0.15, 0.2) is 0 Å². The molecule has 3 amide bonds. The molecule has 0 aliphatic carbocycles. The summed E-state index contributed by atoms with van der Waals surface area (Å²) in [6.07, 6.45) is 2.60. The van der Waals surface area contributed by atoms with E-state index in [4.69, 9.17) is 0 Å². The van der Waals surface area contributed by atoms with Gasteiger partial charge in [-0.1, -0.05) is 64.5 Å². The third-order valence-electron chi connectivity index (χ3n) is 7.97. The highest BCUT2D eigenvalue weighted by atomic mass is 79.9. The highest BCUT2D eigenvalue weighted by Gasteiger charge is 2.41. The van der Waals surface area contributed by atoms with E-state index in [9.17, 15) is 19.5 Å². The first-order valence-corrected chi connectivity index (χ1v) is 15.1. The van der Waals surface area contributed by atoms with Crippen molar-refractivity contribution in [3.05, 3.63) is 106 Å². The summed E-state index contributed by atoms with van der Waals surface area (Å²) in [5.74, 6) is -1.31. The van der Waals surface area contributed by atoms with E-state index in [-0.39, 0.29) is 31.0 Å². The summed E-state index contributed by atoms with van der Waals surface area (Å²) in [4.78, 5) is 56.3. The molecule has 2 unspecified atom stereocenters. The van der Waals surface area contributed by atoms with Crippen LogP contribution < -0.4 is 5.32 Å². The quantitative estimate of drug-likeness (QED) is 0.233. The Morgan fingerprint density at radius 1 is 1.05 bits per heavy atom. The zero-order valence-corrected chi connectivity index (χ0v) is 25.6. The molecule has 0 saturated carbocycles. The number of hydrogen-bond donors (Lipinski definition) is 3. The van der Waals surface area contributed by atoms with Crippen LogP contribution in [0.2, 0.25) is 0 Å². The Labute approximate surface area is 262 Å². The fourth-order valence-electron chi connectivity index (χ4n) is 5.71. The topological polar surface area (TPSA) is 132 Å². The lowest BCUT2D eigenvalue weighted by molar-refractivity contribution is -0.136. The van der Waals surface area contributed by atoms with Crippen LogP contribution in [0.4, 0.5) is 0 Å². The number of nitrogens with one attached hydrogen (secondary N) is 2. The van der Waals surface area contributed by atoms with Crippen LogP contribution in [0.5, 0.6) is 0 Å². The minimum absolute atomic E-state index is 0.0333. The molecule has 3 heterocycles. The average molecular weight is 656 g/mol. The standard InChI is InChI=1S/C33H31BrN6O4/c1-39(18-20-8-2-4-10-24(20)34)32(43)28(14-21-16-35-25-11-5-3-9-23(21)25)38-31(42)30-15-22(41)19-40(30)33(44)29-17-36-26-12-6-7-13-27(26)37-29/h2-13,16-17,22,28,30,35,41H,14-15,18-19H2,1H3,(H,38,42)/t22-,28?,30?/m1/s1. The third kappa shape index (κ3) is 6.06. The molecule has 3 aromatic carbocycles. The molecule has 10 nitrogen and oxygen atoms in total. The van der Waals surface area contributed by atoms with Gasteiger partial charge in [-0.05, 0) is 35.4 Å². The van der Waals surface area contributed by atoms with Crippen LogP contribution >= 0.6 is 15.9 Å². The normalized spacial score (nSPS) is 17.1. The summed E-state index contributed by atoms with van der Waals surface area (Å²) in [6, 6.07) is 20.7. The second-order valence-corrected chi connectivity index (χ2v) is 11.9. The van der Waals surface area contributed by atoms with Gasteiger partial charge in [-0.15, -0.1) is 0 Å². The van der Waals surface area contributed by atoms with Gasteiger partial charge in [-0.2, -0.15) is 0 Å². The number of likely N-dealkylation sites (tertiary alicyclic amines) is 1. The van der Waals surface area contributed by atoms with E-state index >= 15 is 0 Å². The molecule has 44 heavy (non-hydrogen) atoms. The van der Waals surface area contributed by atoms with Gasteiger partial charge in [0.2, 0.25) is 11.8 Å². The molecule has 1 saturated heterocycles. The Kier molecular flexibility index (Phi) is 8.40. The molecule has 2 aromatic heterocycles. The molecule has 224 valence electrons. The summed E-state index contributed by atoms with van der Waals surface area (Å²) in [6.45, 7) is 0.294. The monoisotopic (exact) mass is 654 g/mol. The summed E-state index contributed by atoms with van der Waals surface area (Å²) in [5.41, 5.74) is 4.00. The van der Waals surface area contributed by atoms with E-state index in [0.29, 0.717) is 17.6 Å². The highest BCUT2D eigenvalue weighted by Crippen LogP contribution is 2.24. The number of carbonyl (C=O) groups is 3. The number of H-pyrrole nitrogens is 1. The van der Waals surface area contributed by atoms with Gasteiger partial charge in [0.25, 0.3) is 5.91 Å². The van der Waals surface area contributed by atoms with Crippen molar-refractivity contribution in [1.82, 2.24) is 30.1 Å². The largest absolute Gasteiger partial charge is 0.391 e. The second kappa shape index (κ2) is 12.6. The maximum absolute atomic E-state index is 13.9. The van der Waals surface area contributed by atoms with Crippen molar-refractivity contribution in [2.45, 2.75) is 37.6 Å². The number of benzene rings is 3. The number of para-hydroxylation sites is 3. The first kappa shape index (κ1) is 29.5. The minimum Gasteiger partial charge on any atom is -0.391 e. The van der Waals surface area contributed by atoms with Gasteiger partial charge < -0.3 is 25.2 Å². The predicted octanol–water partition coefficient (Wildman–Crippen LogP) is 3.84. The number of β-amino-alcohol motifs (C(OH)–C–C–N with tert-alkyl or cyclic N) is 1. The minimum atomic E-state index is -0.988. The van der Waals surface area contributed by atoms with Crippen LogP contribution in [0.25, 0.3) is 21.9 Å². The number of carbonyl (C=O) groups excluding carboxylic acids is 3. The number of rotatable bonds is 8.